The molecule has 0 aromatic heterocycles. The van der Waals surface area contributed by atoms with Crippen molar-refractivity contribution in [3.8, 4) is 0 Å². The molecule has 0 saturated carbocycles. The van der Waals surface area contributed by atoms with Crippen molar-refractivity contribution in [2.24, 2.45) is 11.7 Å². The van der Waals surface area contributed by atoms with E-state index in [-0.39, 0.29) is 30.4 Å². The number of likely N-dealkylation sites (tertiary alicyclic amines) is 1. The number of anilines is 1. The van der Waals surface area contributed by atoms with Gasteiger partial charge in [0.2, 0.25) is 5.91 Å². The van der Waals surface area contributed by atoms with Crippen molar-refractivity contribution in [3.63, 3.8) is 0 Å². The molecule has 1 aliphatic rings. The van der Waals surface area contributed by atoms with E-state index < -0.39 is 0 Å². The van der Waals surface area contributed by atoms with E-state index in [0.29, 0.717) is 5.92 Å². The zero-order valence-electron chi connectivity index (χ0n) is 12.1. The van der Waals surface area contributed by atoms with E-state index in [1.807, 2.05) is 37.3 Å². The molecule has 1 aromatic carbocycles. The highest BCUT2D eigenvalue weighted by Gasteiger charge is 2.29. The Balaban J connectivity index is 0.00000200. The van der Waals surface area contributed by atoms with Crippen molar-refractivity contribution in [2.45, 2.75) is 32.4 Å². The molecule has 1 aromatic rings. The topological polar surface area (TPSA) is 58.4 Å². The number of carbonyl (C=O) groups excluding carboxylic acids is 1. The number of halogens is 1. The van der Waals surface area contributed by atoms with E-state index >= 15 is 0 Å². The molecule has 20 heavy (non-hydrogen) atoms. The molecule has 0 aliphatic carbocycles. The highest BCUT2D eigenvalue weighted by molar-refractivity contribution is 5.94. The molecule has 1 aliphatic heterocycles. The maximum Gasteiger partial charge on any atom is 0.241 e. The summed E-state index contributed by atoms with van der Waals surface area (Å²) in [6.07, 6.45) is 0.962. The van der Waals surface area contributed by atoms with E-state index in [1.54, 1.807) is 0 Å². The predicted molar refractivity (Wildman–Crippen MR) is 85.1 cm³/mol. The third kappa shape index (κ3) is 4.20. The number of amides is 1. The van der Waals surface area contributed by atoms with Gasteiger partial charge in [-0.3, -0.25) is 9.69 Å². The van der Waals surface area contributed by atoms with Crippen LogP contribution >= 0.6 is 12.4 Å². The first-order valence-electron chi connectivity index (χ1n) is 6.93. The second-order valence-electron chi connectivity index (χ2n) is 5.46. The average Bonchev–Trinajstić information content (AvgIpc) is 2.42. The Hall–Kier alpha value is -1.10. The lowest BCUT2D eigenvalue weighted by molar-refractivity contribution is -0.121. The first-order chi connectivity index (χ1) is 9.08. The Morgan fingerprint density at radius 1 is 1.40 bits per heavy atom. The lowest BCUT2D eigenvalue weighted by Crippen LogP contribution is -2.52. The first-order valence-corrected chi connectivity index (χ1v) is 6.93. The van der Waals surface area contributed by atoms with Gasteiger partial charge >= 0.3 is 0 Å². The molecule has 3 N–H and O–H groups in total. The fourth-order valence-electron chi connectivity index (χ4n) is 2.48. The summed E-state index contributed by atoms with van der Waals surface area (Å²) in [5.74, 6) is 0.495. The molecule has 5 heteroatoms. The minimum absolute atomic E-state index is 0. The number of hydrogen-bond acceptors (Lipinski definition) is 3. The molecular formula is C15H24ClN3O. The van der Waals surface area contributed by atoms with Crippen LogP contribution in [0.1, 0.15) is 20.3 Å². The van der Waals surface area contributed by atoms with Crippen molar-refractivity contribution >= 4 is 24.0 Å². The Bertz CT molecular complexity index is 426. The summed E-state index contributed by atoms with van der Waals surface area (Å²) in [4.78, 5) is 14.4. The standard InChI is InChI=1S/C15H23N3O.ClH/c1-11-10-18(9-8-14(11)16)12(2)15(19)17-13-6-4-3-5-7-13;/h3-7,11-12,14H,8-10,16H2,1-2H3,(H,17,19);1H. The van der Waals surface area contributed by atoms with Gasteiger partial charge in [0, 0.05) is 24.8 Å². The number of rotatable bonds is 3. The second kappa shape index (κ2) is 7.62. The molecule has 4 nitrogen and oxygen atoms in total. The fourth-order valence-corrected chi connectivity index (χ4v) is 2.48. The Kier molecular flexibility index (Phi) is 6.46. The van der Waals surface area contributed by atoms with Gasteiger partial charge in [-0.25, -0.2) is 0 Å². The van der Waals surface area contributed by atoms with Crippen LogP contribution in [0.5, 0.6) is 0 Å². The van der Waals surface area contributed by atoms with E-state index in [9.17, 15) is 4.79 Å². The number of nitrogens with two attached hydrogens (primary N) is 1. The highest BCUT2D eigenvalue weighted by Crippen LogP contribution is 2.18. The monoisotopic (exact) mass is 297 g/mol. The van der Waals surface area contributed by atoms with Crippen LogP contribution in [0.4, 0.5) is 5.69 Å². The lowest BCUT2D eigenvalue weighted by atomic mass is 9.94. The largest absolute Gasteiger partial charge is 0.327 e. The van der Waals surface area contributed by atoms with Gasteiger partial charge < -0.3 is 11.1 Å². The molecule has 1 heterocycles. The van der Waals surface area contributed by atoms with Crippen molar-refractivity contribution in [1.82, 2.24) is 4.90 Å². The molecule has 112 valence electrons. The van der Waals surface area contributed by atoms with E-state index in [1.165, 1.54) is 0 Å². The quantitative estimate of drug-likeness (QED) is 0.898. The average molecular weight is 298 g/mol. The van der Waals surface area contributed by atoms with Crippen LogP contribution in [0.25, 0.3) is 0 Å². The number of nitrogens with one attached hydrogen (secondary N) is 1. The SMILES string of the molecule is CC1CN(C(C)C(=O)Nc2ccccc2)CCC1N.Cl. The number of benzene rings is 1. The number of carbonyl (C=O) groups is 1. The van der Waals surface area contributed by atoms with Crippen molar-refractivity contribution in [3.05, 3.63) is 30.3 Å². The van der Waals surface area contributed by atoms with E-state index in [4.69, 9.17) is 5.73 Å². The molecule has 1 saturated heterocycles. The van der Waals surface area contributed by atoms with Crippen LogP contribution in [0.3, 0.4) is 0 Å². The number of hydrogen-bond donors (Lipinski definition) is 2. The molecule has 0 spiro atoms. The summed E-state index contributed by atoms with van der Waals surface area (Å²) in [7, 11) is 0. The minimum Gasteiger partial charge on any atom is -0.327 e. The maximum absolute atomic E-state index is 12.2. The van der Waals surface area contributed by atoms with E-state index in [2.05, 4.69) is 17.1 Å². The van der Waals surface area contributed by atoms with Crippen LogP contribution in [-0.4, -0.2) is 36.0 Å². The van der Waals surface area contributed by atoms with Gasteiger partial charge in [0.25, 0.3) is 0 Å². The number of piperidine rings is 1. The van der Waals surface area contributed by atoms with Gasteiger partial charge in [0.1, 0.15) is 0 Å². The van der Waals surface area contributed by atoms with Gasteiger partial charge in [-0.2, -0.15) is 0 Å². The van der Waals surface area contributed by atoms with Crippen molar-refractivity contribution < 1.29 is 4.79 Å². The molecule has 0 bridgehead atoms. The van der Waals surface area contributed by atoms with E-state index in [0.717, 1.165) is 25.2 Å². The fraction of sp³-hybridized carbons (Fsp3) is 0.533. The van der Waals surface area contributed by atoms with Crippen molar-refractivity contribution in [2.75, 3.05) is 18.4 Å². The summed E-state index contributed by atoms with van der Waals surface area (Å²) < 4.78 is 0. The second-order valence-corrected chi connectivity index (χ2v) is 5.46. The van der Waals surface area contributed by atoms with Crippen LogP contribution in [0.2, 0.25) is 0 Å². The van der Waals surface area contributed by atoms with Crippen LogP contribution in [0.15, 0.2) is 30.3 Å². The Morgan fingerprint density at radius 3 is 2.65 bits per heavy atom. The molecule has 1 fully saturated rings. The van der Waals surface area contributed by atoms with Gasteiger partial charge in [0.05, 0.1) is 6.04 Å². The molecule has 1 amide bonds. The first kappa shape index (κ1) is 17.0. The Morgan fingerprint density at radius 2 is 2.05 bits per heavy atom. The smallest absolute Gasteiger partial charge is 0.241 e. The van der Waals surface area contributed by atoms with Gasteiger partial charge in [-0.05, 0) is 31.4 Å². The summed E-state index contributed by atoms with van der Waals surface area (Å²) in [5, 5.41) is 2.95. The van der Waals surface area contributed by atoms with Crippen molar-refractivity contribution in [1.29, 1.82) is 0 Å². The lowest BCUT2D eigenvalue weighted by Gasteiger charge is -2.38. The third-order valence-corrected chi connectivity index (χ3v) is 3.97. The van der Waals surface area contributed by atoms with Crippen LogP contribution < -0.4 is 11.1 Å². The minimum atomic E-state index is -0.116. The molecule has 3 unspecified atom stereocenters. The zero-order chi connectivity index (χ0) is 13.8. The van der Waals surface area contributed by atoms with Gasteiger partial charge in [0.15, 0.2) is 0 Å². The third-order valence-electron chi connectivity index (χ3n) is 3.97. The normalized spacial score (nSPS) is 24.6. The van der Waals surface area contributed by atoms with Gasteiger partial charge in [-0.15, -0.1) is 12.4 Å². The molecule has 2 rings (SSSR count). The molecular weight excluding hydrogens is 274 g/mol. The summed E-state index contributed by atoms with van der Waals surface area (Å²) in [6.45, 7) is 5.90. The molecule has 0 radical (unpaired) electrons. The predicted octanol–water partition coefficient (Wildman–Crippen LogP) is 2.10. The summed E-state index contributed by atoms with van der Waals surface area (Å²) in [6, 6.07) is 9.73. The molecule has 3 atom stereocenters. The Labute approximate surface area is 127 Å². The zero-order valence-corrected chi connectivity index (χ0v) is 12.9. The van der Waals surface area contributed by atoms with Gasteiger partial charge in [-0.1, -0.05) is 25.1 Å². The maximum atomic E-state index is 12.2. The van der Waals surface area contributed by atoms with Crippen LogP contribution in [0, 0.1) is 5.92 Å². The summed E-state index contributed by atoms with van der Waals surface area (Å²) in [5.41, 5.74) is 6.86. The highest BCUT2D eigenvalue weighted by atomic mass is 35.5. The number of para-hydroxylation sites is 1. The number of nitrogens with zero attached hydrogens (tertiary/aromatic N) is 1. The summed E-state index contributed by atoms with van der Waals surface area (Å²) >= 11 is 0. The van der Waals surface area contributed by atoms with Crippen LogP contribution in [-0.2, 0) is 4.79 Å².